The van der Waals surface area contributed by atoms with Crippen LogP contribution in [0.4, 0.5) is 11.4 Å². The first kappa shape index (κ1) is 19.6. The number of para-hydroxylation sites is 1. The van der Waals surface area contributed by atoms with Crippen molar-refractivity contribution in [1.29, 1.82) is 0 Å². The Morgan fingerprint density at radius 2 is 1.50 bits per heavy atom. The molecular formula is C22H18BrNO4. The number of ether oxygens (including phenoxy) is 2. The normalized spacial score (nSPS) is 10.2. The maximum atomic E-state index is 13.4. The molecule has 0 aliphatic heterocycles. The Hall–Kier alpha value is -3.12. The number of methoxy groups -OCH3 is 2. The molecule has 1 amide bonds. The van der Waals surface area contributed by atoms with E-state index >= 15 is 0 Å². The van der Waals surface area contributed by atoms with Crippen LogP contribution >= 0.6 is 15.9 Å². The highest BCUT2D eigenvalue weighted by Gasteiger charge is 2.25. The number of esters is 1. The van der Waals surface area contributed by atoms with Gasteiger partial charge < -0.3 is 9.47 Å². The minimum absolute atomic E-state index is 0.269. The number of anilines is 2. The van der Waals surface area contributed by atoms with Gasteiger partial charge in [0.1, 0.15) is 5.75 Å². The molecule has 0 atom stereocenters. The summed E-state index contributed by atoms with van der Waals surface area (Å²) in [7, 11) is 2.89. The third-order valence-electron chi connectivity index (χ3n) is 4.18. The van der Waals surface area contributed by atoms with Gasteiger partial charge in [0.2, 0.25) is 0 Å². The Labute approximate surface area is 171 Å². The summed E-state index contributed by atoms with van der Waals surface area (Å²) in [4.78, 5) is 27.2. The van der Waals surface area contributed by atoms with Crippen LogP contribution in [0.1, 0.15) is 20.7 Å². The van der Waals surface area contributed by atoms with Crippen molar-refractivity contribution in [1.82, 2.24) is 0 Å². The lowest BCUT2D eigenvalue weighted by molar-refractivity contribution is 0.0601. The molecule has 0 aliphatic carbocycles. The molecule has 142 valence electrons. The second-order valence-corrected chi connectivity index (χ2v) is 6.77. The van der Waals surface area contributed by atoms with Gasteiger partial charge in [-0.3, -0.25) is 9.69 Å². The molecule has 0 N–H and O–H groups in total. The molecule has 3 rings (SSSR count). The van der Waals surface area contributed by atoms with Crippen LogP contribution in [0.3, 0.4) is 0 Å². The summed E-state index contributed by atoms with van der Waals surface area (Å²) in [6.07, 6.45) is 0. The minimum Gasteiger partial charge on any atom is -0.497 e. The molecule has 0 fully saturated rings. The number of carbonyl (C=O) groups is 2. The van der Waals surface area contributed by atoms with E-state index in [4.69, 9.17) is 9.47 Å². The van der Waals surface area contributed by atoms with Crippen LogP contribution in [-0.4, -0.2) is 26.1 Å². The second kappa shape index (κ2) is 8.71. The maximum absolute atomic E-state index is 13.4. The fourth-order valence-electron chi connectivity index (χ4n) is 2.77. The number of hydrogen-bond donors (Lipinski definition) is 0. The predicted molar refractivity (Wildman–Crippen MR) is 111 cm³/mol. The van der Waals surface area contributed by atoms with Gasteiger partial charge in [-0.1, -0.05) is 28.1 Å². The summed E-state index contributed by atoms with van der Waals surface area (Å²) in [5.74, 6) is -0.118. The lowest BCUT2D eigenvalue weighted by atomic mass is 10.1. The standard InChI is InChI=1S/C22H18BrNO4/c1-27-18-13-11-17(12-14-18)24(21(25)15-7-9-16(23)10-8-15)20-6-4-3-5-19(20)22(26)28-2/h3-14H,1-2H3. The van der Waals surface area contributed by atoms with Gasteiger partial charge in [-0.2, -0.15) is 0 Å². The van der Waals surface area contributed by atoms with Crippen molar-refractivity contribution in [3.63, 3.8) is 0 Å². The fraction of sp³-hybridized carbons (Fsp3) is 0.0909. The van der Waals surface area contributed by atoms with Crippen LogP contribution in [0.2, 0.25) is 0 Å². The monoisotopic (exact) mass is 439 g/mol. The van der Waals surface area contributed by atoms with E-state index in [0.29, 0.717) is 28.3 Å². The molecule has 5 nitrogen and oxygen atoms in total. The predicted octanol–water partition coefficient (Wildman–Crippen LogP) is 5.22. The summed E-state index contributed by atoms with van der Waals surface area (Å²) in [5.41, 5.74) is 1.82. The fourth-order valence-corrected chi connectivity index (χ4v) is 3.03. The molecule has 0 saturated carbocycles. The van der Waals surface area contributed by atoms with E-state index in [9.17, 15) is 9.59 Å². The maximum Gasteiger partial charge on any atom is 0.339 e. The molecule has 0 unspecified atom stereocenters. The lowest BCUT2D eigenvalue weighted by Crippen LogP contribution is -2.27. The Kier molecular flexibility index (Phi) is 6.11. The third kappa shape index (κ3) is 4.07. The molecule has 0 bridgehead atoms. The average molecular weight is 440 g/mol. The van der Waals surface area contributed by atoms with Crippen LogP contribution < -0.4 is 9.64 Å². The van der Waals surface area contributed by atoms with Crippen molar-refractivity contribution in [3.05, 3.63) is 88.4 Å². The zero-order valence-corrected chi connectivity index (χ0v) is 17.0. The first-order valence-electron chi connectivity index (χ1n) is 8.46. The number of amides is 1. The van der Waals surface area contributed by atoms with E-state index in [1.807, 2.05) is 0 Å². The van der Waals surface area contributed by atoms with Crippen molar-refractivity contribution in [2.75, 3.05) is 19.1 Å². The highest BCUT2D eigenvalue weighted by molar-refractivity contribution is 9.10. The first-order chi connectivity index (χ1) is 13.5. The van der Waals surface area contributed by atoms with Gasteiger partial charge in [-0.15, -0.1) is 0 Å². The number of hydrogen-bond acceptors (Lipinski definition) is 4. The molecule has 0 spiro atoms. The van der Waals surface area contributed by atoms with Crippen LogP contribution in [-0.2, 0) is 4.74 Å². The van der Waals surface area contributed by atoms with Crippen molar-refractivity contribution in [3.8, 4) is 5.75 Å². The van der Waals surface area contributed by atoms with Crippen molar-refractivity contribution >= 4 is 39.2 Å². The summed E-state index contributed by atoms with van der Waals surface area (Å²) < 4.78 is 11.0. The number of carbonyl (C=O) groups excluding carboxylic acids is 2. The van der Waals surface area contributed by atoms with Gasteiger partial charge in [0, 0.05) is 15.7 Å². The smallest absolute Gasteiger partial charge is 0.339 e. The Morgan fingerprint density at radius 1 is 0.857 bits per heavy atom. The van der Waals surface area contributed by atoms with Crippen LogP contribution in [0, 0.1) is 0 Å². The van der Waals surface area contributed by atoms with Gasteiger partial charge >= 0.3 is 5.97 Å². The average Bonchev–Trinajstić information content (AvgIpc) is 2.74. The van der Waals surface area contributed by atoms with E-state index in [0.717, 1.165) is 4.47 Å². The van der Waals surface area contributed by atoms with Gasteiger partial charge in [-0.25, -0.2) is 4.79 Å². The molecule has 6 heteroatoms. The molecule has 0 radical (unpaired) electrons. The Bertz CT molecular complexity index is 984. The summed E-state index contributed by atoms with van der Waals surface area (Å²) in [6, 6.07) is 21.0. The minimum atomic E-state index is -0.516. The quantitative estimate of drug-likeness (QED) is 0.511. The molecule has 3 aromatic rings. The van der Waals surface area contributed by atoms with Crippen LogP contribution in [0.25, 0.3) is 0 Å². The number of nitrogens with zero attached hydrogens (tertiary/aromatic N) is 1. The van der Waals surface area contributed by atoms with Gasteiger partial charge in [0.15, 0.2) is 0 Å². The number of rotatable bonds is 5. The number of benzene rings is 3. The first-order valence-corrected chi connectivity index (χ1v) is 9.26. The zero-order valence-electron chi connectivity index (χ0n) is 15.4. The lowest BCUT2D eigenvalue weighted by Gasteiger charge is -2.25. The van der Waals surface area contributed by atoms with Gasteiger partial charge in [0.05, 0.1) is 25.5 Å². The Balaban J connectivity index is 2.16. The Morgan fingerprint density at radius 3 is 2.11 bits per heavy atom. The van der Waals surface area contributed by atoms with E-state index < -0.39 is 5.97 Å². The molecule has 28 heavy (non-hydrogen) atoms. The molecule has 0 aliphatic rings. The molecule has 0 heterocycles. The molecule has 0 aromatic heterocycles. The topological polar surface area (TPSA) is 55.8 Å². The summed E-state index contributed by atoms with van der Waals surface area (Å²) in [6.45, 7) is 0. The van der Waals surface area contributed by atoms with Crippen molar-refractivity contribution in [2.45, 2.75) is 0 Å². The van der Waals surface area contributed by atoms with Gasteiger partial charge in [0.25, 0.3) is 5.91 Å². The van der Waals surface area contributed by atoms with E-state index in [-0.39, 0.29) is 5.91 Å². The second-order valence-electron chi connectivity index (χ2n) is 5.85. The van der Waals surface area contributed by atoms with Gasteiger partial charge in [-0.05, 0) is 60.7 Å². The highest BCUT2D eigenvalue weighted by atomic mass is 79.9. The zero-order chi connectivity index (χ0) is 20.1. The molecule has 3 aromatic carbocycles. The largest absolute Gasteiger partial charge is 0.497 e. The SMILES string of the molecule is COC(=O)c1ccccc1N(C(=O)c1ccc(Br)cc1)c1ccc(OC)cc1. The van der Waals surface area contributed by atoms with Crippen LogP contribution in [0.5, 0.6) is 5.75 Å². The van der Waals surface area contributed by atoms with Crippen LogP contribution in [0.15, 0.2) is 77.3 Å². The highest BCUT2D eigenvalue weighted by Crippen LogP contribution is 2.32. The van der Waals surface area contributed by atoms with E-state index in [1.165, 1.54) is 12.0 Å². The summed E-state index contributed by atoms with van der Waals surface area (Å²) >= 11 is 3.38. The molecular weight excluding hydrogens is 422 g/mol. The number of halogens is 1. The summed E-state index contributed by atoms with van der Waals surface area (Å²) in [5, 5.41) is 0. The van der Waals surface area contributed by atoms with Crippen molar-refractivity contribution < 1.29 is 19.1 Å². The van der Waals surface area contributed by atoms with E-state index in [1.54, 1.807) is 79.9 Å². The third-order valence-corrected chi connectivity index (χ3v) is 4.70. The van der Waals surface area contributed by atoms with Crippen molar-refractivity contribution in [2.24, 2.45) is 0 Å². The molecule has 0 saturated heterocycles. The van der Waals surface area contributed by atoms with E-state index in [2.05, 4.69) is 15.9 Å².